The van der Waals surface area contributed by atoms with E-state index >= 15 is 0 Å². The van der Waals surface area contributed by atoms with Crippen molar-refractivity contribution in [3.63, 3.8) is 0 Å². The van der Waals surface area contributed by atoms with Gasteiger partial charge in [0.1, 0.15) is 0 Å². The van der Waals surface area contributed by atoms with Crippen molar-refractivity contribution in [3.8, 4) is 0 Å². The van der Waals surface area contributed by atoms with Gasteiger partial charge in [0.2, 0.25) is 10.0 Å². The van der Waals surface area contributed by atoms with Crippen molar-refractivity contribution >= 4 is 10.0 Å². The number of nitrogens with zero attached hydrogens (tertiary/aromatic N) is 1. The Morgan fingerprint density at radius 3 is 2.86 bits per heavy atom. The third-order valence-corrected chi connectivity index (χ3v) is 5.55. The standard InChI is InChI=1S/C15H25N3O2S/c1-12(16)13-6-5-8-15(10-13)21(19,20)17-11-14-7-3-4-9-18(14)2/h5-6,8,10,12,14,17H,3-4,7,9,11,16H2,1-2H3. The van der Waals surface area contributed by atoms with Crippen LogP contribution in [0.3, 0.4) is 0 Å². The lowest BCUT2D eigenvalue weighted by Gasteiger charge is -2.32. The normalized spacial score (nSPS) is 22.1. The lowest BCUT2D eigenvalue weighted by atomic mass is 10.0. The Balaban J connectivity index is 2.06. The van der Waals surface area contributed by atoms with Crippen molar-refractivity contribution in [3.05, 3.63) is 29.8 Å². The summed E-state index contributed by atoms with van der Waals surface area (Å²) in [6, 6.07) is 6.95. The van der Waals surface area contributed by atoms with E-state index in [9.17, 15) is 8.42 Å². The van der Waals surface area contributed by atoms with E-state index in [0.717, 1.165) is 24.9 Å². The molecule has 1 aromatic carbocycles. The fourth-order valence-electron chi connectivity index (χ4n) is 2.66. The molecular weight excluding hydrogens is 286 g/mol. The number of sulfonamides is 1. The highest BCUT2D eigenvalue weighted by atomic mass is 32.2. The first-order valence-corrected chi connectivity index (χ1v) is 8.94. The highest BCUT2D eigenvalue weighted by Crippen LogP contribution is 2.17. The van der Waals surface area contributed by atoms with Crippen molar-refractivity contribution in [2.75, 3.05) is 20.1 Å². The zero-order chi connectivity index (χ0) is 15.5. The molecule has 0 aliphatic carbocycles. The van der Waals surface area contributed by atoms with Gasteiger partial charge in [0.05, 0.1) is 4.90 Å². The quantitative estimate of drug-likeness (QED) is 0.863. The van der Waals surface area contributed by atoms with Crippen LogP contribution in [-0.4, -0.2) is 39.5 Å². The van der Waals surface area contributed by atoms with Crippen molar-refractivity contribution in [1.82, 2.24) is 9.62 Å². The molecular formula is C15H25N3O2S. The van der Waals surface area contributed by atoms with E-state index in [4.69, 9.17) is 5.73 Å². The summed E-state index contributed by atoms with van der Waals surface area (Å²) < 4.78 is 27.5. The summed E-state index contributed by atoms with van der Waals surface area (Å²) in [6.07, 6.45) is 3.39. The maximum atomic E-state index is 12.4. The van der Waals surface area contributed by atoms with Gasteiger partial charge in [-0.2, -0.15) is 0 Å². The molecule has 6 heteroatoms. The van der Waals surface area contributed by atoms with Crippen molar-refractivity contribution in [2.24, 2.45) is 5.73 Å². The van der Waals surface area contributed by atoms with Crippen LogP contribution in [0.15, 0.2) is 29.2 Å². The fraction of sp³-hybridized carbons (Fsp3) is 0.600. The first-order valence-electron chi connectivity index (χ1n) is 7.45. The van der Waals surface area contributed by atoms with Crippen LogP contribution >= 0.6 is 0 Å². The Bertz CT molecular complexity index is 572. The molecule has 21 heavy (non-hydrogen) atoms. The zero-order valence-electron chi connectivity index (χ0n) is 12.7. The SMILES string of the molecule is CC(N)c1cccc(S(=O)(=O)NCC2CCCCN2C)c1. The van der Waals surface area contributed by atoms with Crippen LogP contribution in [0.1, 0.15) is 37.8 Å². The first kappa shape index (κ1) is 16.4. The van der Waals surface area contributed by atoms with Gasteiger partial charge in [-0.15, -0.1) is 0 Å². The van der Waals surface area contributed by atoms with Gasteiger partial charge in [0, 0.05) is 18.6 Å². The van der Waals surface area contributed by atoms with Gasteiger partial charge in [-0.1, -0.05) is 18.6 Å². The summed E-state index contributed by atoms with van der Waals surface area (Å²) in [7, 11) is -1.42. The number of likely N-dealkylation sites (tertiary alicyclic amines) is 1. The molecule has 1 saturated heterocycles. The summed E-state index contributed by atoms with van der Waals surface area (Å²) in [5.74, 6) is 0. The molecule has 0 spiro atoms. The van der Waals surface area contributed by atoms with E-state index in [-0.39, 0.29) is 17.0 Å². The van der Waals surface area contributed by atoms with Crippen LogP contribution in [0, 0.1) is 0 Å². The predicted molar refractivity (Wildman–Crippen MR) is 84.5 cm³/mol. The highest BCUT2D eigenvalue weighted by molar-refractivity contribution is 7.89. The van der Waals surface area contributed by atoms with Gasteiger partial charge < -0.3 is 10.6 Å². The molecule has 1 heterocycles. The minimum Gasteiger partial charge on any atom is -0.324 e. The molecule has 5 nitrogen and oxygen atoms in total. The van der Waals surface area contributed by atoms with E-state index in [2.05, 4.69) is 16.7 Å². The average molecular weight is 311 g/mol. The summed E-state index contributed by atoms with van der Waals surface area (Å²) in [6.45, 7) is 3.34. The largest absolute Gasteiger partial charge is 0.324 e. The molecule has 0 aromatic heterocycles. The highest BCUT2D eigenvalue weighted by Gasteiger charge is 2.22. The van der Waals surface area contributed by atoms with Crippen molar-refractivity contribution in [2.45, 2.75) is 43.2 Å². The summed E-state index contributed by atoms with van der Waals surface area (Å²) in [5.41, 5.74) is 6.64. The summed E-state index contributed by atoms with van der Waals surface area (Å²) in [5, 5.41) is 0. The maximum Gasteiger partial charge on any atom is 0.240 e. The smallest absolute Gasteiger partial charge is 0.240 e. The molecule has 1 aliphatic heterocycles. The Morgan fingerprint density at radius 1 is 1.43 bits per heavy atom. The van der Waals surface area contributed by atoms with Crippen LogP contribution in [-0.2, 0) is 10.0 Å². The fourth-order valence-corrected chi connectivity index (χ4v) is 3.78. The van der Waals surface area contributed by atoms with Crippen molar-refractivity contribution < 1.29 is 8.42 Å². The van der Waals surface area contributed by atoms with Gasteiger partial charge in [-0.05, 0) is 51.1 Å². The van der Waals surface area contributed by atoms with Crippen LogP contribution < -0.4 is 10.5 Å². The molecule has 1 aliphatic rings. The van der Waals surface area contributed by atoms with Gasteiger partial charge in [-0.3, -0.25) is 0 Å². The molecule has 118 valence electrons. The molecule has 0 bridgehead atoms. The second-order valence-electron chi connectivity index (χ2n) is 5.84. The number of nitrogens with one attached hydrogen (secondary N) is 1. The first-order chi connectivity index (χ1) is 9.90. The Hall–Kier alpha value is -0.950. The topological polar surface area (TPSA) is 75.4 Å². The van der Waals surface area contributed by atoms with Gasteiger partial charge >= 0.3 is 0 Å². The average Bonchev–Trinajstić information content (AvgIpc) is 2.46. The molecule has 1 fully saturated rings. The molecule has 3 N–H and O–H groups in total. The minimum absolute atomic E-state index is 0.176. The van der Waals surface area contributed by atoms with Gasteiger partial charge in [-0.25, -0.2) is 13.1 Å². The minimum atomic E-state index is -3.47. The number of likely N-dealkylation sites (N-methyl/N-ethyl adjacent to an activating group) is 1. The molecule has 1 aromatic rings. The second-order valence-corrected chi connectivity index (χ2v) is 7.61. The lowest BCUT2D eigenvalue weighted by Crippen LogP contribution is -2.44. The lowest BCUT2D eigenvalue weighted by molar-refractivity contribution is 0.187. The van der Waals surface area contributed by atoms with Gasteiger partial charge in [0.25, 0.3) is 0 Å². The van der Waals surface area contributed by atoms with E-state index in [0.29, 0.717) is 6.54 Å². The molecule has 2 rings (SSSR count). The monoisotopic (exact) mass is 311 g/mol. The molecule has 2 unspecified atom stereocenters. The zero-order valence-corrected chi connectivity index (χ0v) is 13.6. The van der Waals surface area contributed by atoms with Crippen LogP contribution in [0.25, 0.3) is 0 Å². The maximum absolute atomic E-state index is 12.4. The number of rotatable bonds is 5. The number of hydrogen-bond donors (Lipinski definition) is 2. The van der Waals surface area contributed by atoms with Crippen LogP contribution in [0.4, 0.5) is 0 Å². The van der Waals surface area contributed by atoms with Crippen molar-refractivity contribution in [1.29, 1.82) is 0 Å². The number of nitrogens with two attached hydrogens (primary N) is 1. The van der Waals surface area contributed by atoms with E-state index in [1.807, 2.05) is 13.0 Å². The molecule has 0 amide bonds. The number of piperidine rings is 1. The second kappa shape index (κ2) is 6.87. The van der Waals surface area contributed by atoms with E-state index in [1.165, 1.54) is 6.42 Å². The van der Waals surface area contributed by atoms with E-state index in [1.54, 1.807) is 18.2 Å². The van der Waals surface area contributed by atoms with E-state index < -0.39 is 10.0 Å². The Labute approximate surface area is 127 Å². The van der Waals surface area contributed by atoms with Crippen LogP contribution in [0.2, 0.25) is 0 Å². The van der Waals surface area contributed by atoms with Crippen LogP contribution in [0.5, 0.6) is 0 Å². The summed E-state index contributed by atoms with van der Waals surface area (Å²) >= 11 is 0. The Morgan fingerprint density at radius 2 is 2.19 bits per heavy atom. The summed E-state index contributed by atoms with van der Waals surface area (Å²) in [4.78, 5) is 2.51. The number of hydrogen-bond acceptors (Lipinski definition) is 4. The van der Waals surface area contributed by atoms with Gasteiger partial charge in [0.15, 0.2) is 0 Å². The Kier molecular flexibility index (Phi) is 5.37. The molecule has 2 atom stereocenters. The third-order valence-electron chi connectivity index (χ3n) is 4.12. The predicted octanol–water partition coefficient (Wildman–Crippen LogP) is 1.47. The number of benzene rings is 1. The molecule has 0 radical (unpaired) electrons. The molecule has 0 saturated carbocycles. The third kappa shape index (κ3) is 4.26.